The number of rotatable bonds is 10. The van der Waals surface area contributed by atoms with E-state index in [1.54, 1.807) is 6.92 Å². The first-order valence-corrected chi connectivity index (χ1v) is 10.1. The molecule has 3 rings (SSSR count). The van der Waals surface area contributed by atoms with Crippen molar-refractivity contribution in [3.05, 3.63) is 59.7 Å². The minimum Gasteiger partial charge on any atom is -0.480 e. The molecule has 0 saturated carbocycles. The van der Waals surface area contributed by atoms with Crippen LogP contribution in [-0.4, -0.2) is 55.5 Å². The van der Waals surface area contributed by atoms with Gasteiger partial charge in [0.1, 0.15) is 13.2 Å². The summed E-state index contributed by atoms with van der Waals surface area (Å²) in [7, 11) is 0. The third-order valence-electron chi connectivity index (χ3n) is 4.99. The Hall–Kier alpha value is -3.39. The summed E-state index contributed by atoms with van der Waals surface area (Å²) in [6.45, 7) is 1.81. The van der Waals surface area contributed by atoms with E-state index in [1.165, 1.54) is 0 Å². The molecule has 2 aromatic rings. The predicted octanol–water partition coefficient (Wildman–Crippen LogP) is 2.52. The molecule has 0 radical (unpaired) electrons. The highest BCUT2D eigenvalue weighted by molar-refractivity contribution is 5.79. The maximum atomic E-state index is 12.2. The molecule has 0 heterocycles. The first-order valence-electron chi connectivity index (χ1n) is 10.1. The highest BCUT2D eigenvalue weighted by Crippen LogP contribution is 2.44. The highest BCUT2D eigenvalue weighted by Gasteiger charge is 2.29. The van der Waals surface area contributed by atoms with Crippen LogP contribution in [0, 0.1) is 0 Å². The number of hydrogen-bond acceptors (Lipinski definition) is 5. The van der Waals surface area contributed by atoms with Crippen molar-refractivity contribution < 1.29 is 29.0 Å². The Bertz CT molecular complexity index is 900. The molecule has 1 atom stereocenters. The molecular formula is C23H26N2O6. The van der Waals surface area contributed by atoms with Gasteiger partial charge in [0.05, 0.1) is 6.61 Å². The van der Waals surface area contributed by atoms with Crippen LogP contribution in [0.15, 0.2) is 48.5 Å². The van der Waals surface area contributed by atoms with Crippen LogP contribution >= 0.6 is 0 Å². The highest BCUT2D eigenvalue weighted by atomic mass is 16.5. The molecule has 0 bridgehead atoms. The summed E-state index contributed by atoms with van der Waals surface area (Å²) in [6.07, 6.45) is -0.504. The summed E-state index contributed by atoms with van der Waals surface area (Å²) in [5.74, 6) is -1.36. The molecule has 0 saturated heterocycles. The lowest BCUT2D eigenvalue weighted by Gasteiger charge is -2.17. The molecule has 3 N–H and O–H groups in total. The minimum atomic E-state index is -1.06. The van der Waals surface area contributed by atoms with Crippen molar-refractivity contribution in [3.8, 4) is 11.1 Å². The summed E-state index contributed by atoms with van der Waals surface area (Å²) >= 11 is 0. The third-order valence-corrected chi connectivity index (χ3v) is 4.99. The van der Waals surface area contributed by atoms with Gasteiger partial charge in [0.2, 0.25) is 5.91 Å². The van der Waals surface area contributed by atoms with Gasteiger partial charge in [0, 0.05) is 24.9 Å². The molecular weight excluding hydrogens is 400 g/mol. The van der Waals surface area contributed by atoms with Crippen LogP contribution in [0.4, 0.5) is 4.79 Å². The van der Waals surface area contributed by atoms with E-state index in [-0.39, 0.29) is 38.0 Å². The smallest absolute Gasteiger partial charge is 0.407 e. The number of hydrogen-bond donors (Lipinski definition) is 3. The quantitative estimate of drug-likeness (QED) is 0.503. The average Bonchev–Trinajstić information content (AvgIpc) is 3.05. The Morgan fingerprint density at radius 3 is 2.26 bits per heavy atom. The molecule has 2 aromatic carbocycles. The summed E-state index contributed by atoms with van der Waals surface area (Å²) in [5, 5.41) is 13.7. The van der Waals surface area contributed by atoms with Crippen molar-refractivity contribution >= 4 is 18.0 Å². The normalized spacial score (nSPS) is 13.1. The molecule has 0 spiro atoms. The fourth-order valence-corrected chi connectivity index (χ4v) is 3.66. The molecule has 0 aliphatic heterocycles. The molecule has 8 nitrogen and oxygen atoms in total. The lowest BCUT2D eigenvalue weighted by atomic mass is 9.98. The Balaban J connectivity index is 1.43. The van der Waals surface area contributed by atoms with E-state index >= 15 is 0 Å². The SMILES string of the molecule is C[C@@H](CC(=O)NCCOCC(=O)O)NC(=O)OCC1c2ccccc2-c2ccccc21. The number of fused-ring (bicyclic) bond motifs is 3. The first-order chi connectivity index (χ1) is 15.0. The van der Waals surface area contributed by atoms with Crippen molar-refractivity contribution in [2.24, 2.45) is 0 Å². The molecule has 0 fully saturated rings. The van der Waals surface area contributed by atoms with Crippen molar-refractivity contribution in [2.45, 2.75) is 25.3 Å². The fourth-order valence-electron chi connectivity index (χ4n) is 3.66. The van der Waals surface area contributed by atoms with Crippen LogP contribution in [0.2, 0.25) is 0 Å². The topological polar surface area (TPSA) is 114 Å². The molecule has 164 valence electrons. The number of nitrogens with one attached hydrogen (secondary N) is 2. The summed E-state index contributed by atoms with van der Waals surface area (Å²) < 4.78 is 10.3. The Labute approximate surface area is 180 Å². The van der Waals surface area contributed by atoms with E-state index in [9.17, 15) is 14.4 Å². The lowest BCUT2D eigenvalue weighted by molar-refractivity contribution is -0.142. The molecule has 8 heteroatoms. The number of ether oxygens (including phenoxy) is 2. The van der Waals surface area contributed by atoms with Crippen LogP contribution in [0.25, 0.3) is 11.1 Å². The number of aliphatic carboxylic acids is 1. The van der Waals surface area contributed by atoms with Gasteiger partial charge in [-0.2, -0.15) is 0 Å². The average molecular weight is 426 g/mol. The van der Waals surface area contributed by atoms with E-state index in [4.69, 9.17) is 14.6 Å². The number of carboxylic acid groups (broad SMARTS) is 1. The summed E-state index contributed by atoms with van der Waals surface area (Å²) in [4.78, 5) is 34.5. The van der Waals surface area contributed by atoms with E-state index in [0.717, 1.165) is 22.3 Å². The number of alkyl carbamates (subject to hydrolysis) is 1. The zero-order chi connectivity index (χ0) is 22.2. The van der Waals surface area contributed by atoms with E-state index in [0.29, 0.717) is 0 Å². The zero-order valence-electron chi connectivity index (χ0n) is 17.3. The van der Waals surface area contributed by atoms with Gasteiger partial charge < -0.3 is 25.2 Å². The van der Waals surface area contributed by atoms with Crippen LogP contribution in [0.1, 0.15) is 30.4 Å². The minimum absolute atomic E-state index is 0.0254. The molecule has 0 unspecified atom stereocenters. The van der Waals surface area contributed by atoms with Crippen LogP contribution < -0.4 is 10.6 Å². The second-order valence-corrected chi connectivity index (χ2v) is 7.37. The number of amides is 2. The van der Waals surface area contributed by atoms with Gasteiger partial charge in [-0.3, -0.25) is 4.79 Å². The van der Waals surface area contributed by atoms with Gasteiger partial charge in [-0.25, -0.2) is 9.59 Å². The number of carbonyl (C=O) groups is 3. The van der Waals surface area contributed by atoms with E-state index < -0.39 is 24.7 Å². The van der Waals surface area contributed by atoms with Crippen molar-refractivity contribution in [2.75, 3.05) is 26.4 Å². The van der Waals surface area contributed by atoms with Crippen molar-refractivity contribution in [1.82, 2.24) is 10.6 Å². The molecule has 31 heavy (non-hydrogen) atoms. The maximum absolute atomic E-state index is 12.2. The van der Waals surface area contributed by atoms with Gasteiger partial charge in [0.15, 0.2) is 0 Å². The second-order valence-electron chi connectivity index (χ2n) is 7.37. The summed E-state index contributed by atoms with van der Waals surface area (Å²) in [6, 6.07) is 15.8. The van der Waals surface area contributed by atoms with Crippen LogP contribution in [0.5, 0.6) is 0 Å². The van der Waals surface area contributed by atoms with E-state index in [2.05, 4.69) is 34.9 Å². The van der Waals surface area contributed by atoms with Crippen LogP contribution in [-0.2, 0) is 19.1 Å². The first kappa shape index (κ1) is 22.3. The fraction of sp³-hybridized carbons (Fsp3) is 0.348. The third kappa shape index (κ3) is 6.05. The van der Waals surface area contributed by atoms with Gasteiger partial charge in [-0.1, -0.05) is 48.5 Å². The number of carboxylic acids is 1. The Kier molecular flexibility index (Phi) is 7.61. The Morgan fingerprint density at radius 2 is 1.65 bits per heavy atom. The van der Waals surface area contributed by atoms with Crippen molar-refractivity contribution in [1.29, 1.82) is 0 Å². The molecule has 1 aliphatic carbocycles. The number of carbonyl (C=O) groups excluding carboxylic acids is 2. The monoisotopic (exact) mass is 426 g/mol. The summed E-state index contributed by atoms with van der Waals surface area (Å²) in [5.41, 5.74) is 4.58. The molecule has 0 aromatic heterocycles. The second kappa shape index (κ2) is 10.6. The van der Waals surface area contributed by atoms with Gasteiger partial charge >= 0.3 is 12.1 Å². The molecule has 2 amide bonds. The van der Waals surface area contributed by atoms with Gasteiger partial charge in [-0.05, 0) is 29.2 Å². The van der Waals surface area contributed by atoms with E-state index in [1.807, 2.05) is 24.3 Å². The van der Waals surface area contributed by atoms with Gasteiger partial charge in [0.25, 0.3) is 0 Å². The zero-order valence-corrected chi connectivity index (χ0v) is 17.3. The number of benzene rings is 2. The predicted molar refractivity (Wildman–Crippen MR) is 114 cm³/mol. The lowest BCUT2D eigenvalue weighted by Crippen LogP contribution is -2.38. The maximum Gasteiger partial charge on any atom is 0.407 e. The largest absolute Gasteiger partial charge is 0.480 e. The Morgan fingerprint density at radius 1 is 1.03 bits per heavy atom. The van der Waals surface area contributed by atoms with Gasteiger partial charge in [-0.15, -0.1) is 0 Å². The van der Waals surface area contributed by atoms with Crippen molar-refractivity contribution in [3.63, 3.8) is 0 Å². The standard InChI is InChI=1S/C23H26N2O6/c1-15(12-21(26)24-10-11-30-14-22(27)28)25-23(29)31-13-20-18-8-4-2-6-16(18)17-7-3-5-9-19(17)20/h2-9,15,20H,10-14H2,1H3,(H,24,26)(H,25,29)(H,27,28)/t15-/m0/s1. The molecule has 1 aliphatic rings. The van der Waals surface area contributed by atoms with Crippen LogP contribution in [0.3, 0.4) is 0 Å².